The van der Waals surface area contributed by atoms with Gasteiger partial charge in [-0.25, -0.2) is 0 Å². The van der Waals surface area contributed by atoms with Crippen molar-refractivity contribution in [3.8, 4) is 11.5 Å². The Hall–Kier alpha value is -2.05. The Morgan fingerprint density at radius 3 is 2.65 bits per heavy atom. The zero-order valence-electron chi connectivity index (χ0n) is 16.2. The molecule has 0 saturated carbocycles. The monoisotopic (exact) mass is 359 g/mol. The summed E-state index contributed by atoms with van der Waals surface area (Å²) in [6.45, 7) is 5.59. The summed E-state index contributed by atoms with van der Waals surface area (Å²) in [5.74, 6) is 1.52. The van der Waals surface area contributed by atoms with Gasteiger partial charge in [0, 0.05) is 44.5 Å². The lowest BCUT2D eigenvalue weighted by Gasteiger charge is -2.25. The van der Waals surface area contributed by atoms with Crippen molar-refractivity contribution < 1.29 is 14.2 Å². The van der Waals surface area contributed by atoms with E-state index in [1.165, 1.54) is 16.8 Å². The average Bonchev–Trinajstić information content (AvgIpc) is 3.27. The fraction of sp³-hybridized carbons (Fsp3) is 0.550. The van der Waals surface area contributed by atoms with E-state index in [9.17, 15) is 0 Å². The summed E-state index contributed by atoms with van der Waals surface area (Å²) >= 11 is 0. The van der Waals surface area contributed by atoms with E-state index in [2.05, 4.69) is 29.1 Å². The van der Waals surface area contributed by atoms with Gasteiger partial charge in [0.25, 0.3) is 0 Å². The maximum atomic E-state index is 5.87. The predicted molar refractivity (Wildman–Crippen MR) is 101 cm³/mol. The van der Waals surface area contributed by atoms with E-state index >= 15 is 0 Å². The first-order chi connectivity index (χ1) is 12.6. The molecule has 0 amide bonds. The SMILES string of the molecule is COc1ccc(CN(Cc2cnn(C)c2C)C[C@H]2CCCO2)cc1OC. The minimum Gasteiger partial charge on any atom is -0.493 e. The van der Waals surface area contributed by atoms with Crippen LogP contribution in [0.2, 0.25) is 0 Å². The van der Waals surface area contributed by atoms with Crippen LogP contribution < -0.4 is 9.47 Å². The fourth-order valence-electron chi connectivity index (χ4n) is 3.44. The average molecular weight is 359 g/mol. The van der Waals surface area contributed by atoms with Gasteiger partial charge in [-0.2, -0.15) is 5.10 Å². The first kappa shape index (κ1) is 18.7. The second-order valence-electron chi connectivity index (χ2n) is 6.87. The predicted octanol–water partition coefficient (Wildman–Crippen LogP) is 2.93. The lowest BCUT2D eigenvalue weighted by molar-refractivity contribution is 0.0678. The zero-order valence-corrected chi connectivity index (χ0v) is 16.2. The summed E-state index contributed by atoms with van der Waals surface area (Å²) in [6, 6.07) is 6.12. The molecule has 1 aliphatic heterocycles. The van der Waals surface area contributed by atoms with Crippen molar-refractivity contribution in [3.05, 3.63) is 41.2 Å². The first-order valence-electron chi connectivity index (χ1n) is 9.13. The summed E-state index contributed by atoms with van der Waals surface area (Å²) in [7, 11) is 5.31. The summed E-state index contributed by atoms with van der Waals surface area (Å²) in [5, 5.41) is 4.38. The molecule has 0 bridgehead atoms. The van der Waals surface area contributed by atoms with E-state index in [0.29, 0.717) is 6.10 Å². The van der Waals surface area contributed by atoms with Gasteiger partial charge >= 0.3 is 0 Å². The summed E-state index contributed by atoms with van der Waals surface area (Å²) in [4.78, 5) is 2.43. The van der Waals surface area contributed by atoms with Gasteiger partial charge in [-0.1, -0.05) is 6.07 Å². The molecule has 0 aliphatic carbocycles. The van der Waals surface area contributed by atoms with E-state index in [1.807, 2.05) is 24.0 Å². The second kappa shape index (κ2) is 8.56. The molecule has 1 saturated heterocycles. The minimum absolute atomic E-state index is 0.312. The van der Waals surface area contributed by atoms with Crippen LogP contribution in [0.3, 0.4) is 0 Å². The second-order valence-corrected chi connectivity index (χ2v) is 6.87. The molecule has 2 heterocycles. The lowest BCUT2D eigenvalue weighted by Crippen LogP contribution is -2.31. The van der Waals surface area contributed by atoms with Crippen molar-refractivity contribution in [2.75, 3.05) is 27.4 Å². The number of nitrogens with zero attached hydrogens (tertiary/aromatic N) is 3. The van der Waals surface area contributed by atoms with E-state index < -0.39 is 0 Å². The number of rotatable bonds is 8. The van der Waals surface area contributed by atoms with E-state index in [-0.39, 0.29) is 0 Å². The highest BCUT2D eigenvalue weighted by Crippen LogP contribution is 2.28. The molecule has 0 unspecified atom stereocenters. The van der Waals surface area contributed by atoms with Crippen LogP contribution in [0.15, 0.2) is 24.4 Å². The number of hydrogen-bond donors (Lipinski definition) is 0. The van der Waals surface area contributed by atoms with Crippen molar-refractivity contribution in [2.45, 2.75) is 39.0 Å². The fourth-order valence-corrected chi connectivity index (χ4v) is 3.44. The molecular formula is C20H29N3O3. The molecule has 0 N–H and O–H groups in total. The summed E-state index contributed by atoms with van der Waals surface area (Å²) in [5.41, 5.74) is 3.66. The van der Waals surface area contributed by atoms with Gasteiger partial charge in [-0.05, 0) is 37.5 Å². The van der Waals surface area contributed by atoms with Crippen molar-refractivity contribution in [1.29, 1.82) is 0 Å². The topological polar surface area (TPSA) is 48.8 Å². The van der Waals surface area contributed by atoms with Crippen molar-refractivity contribution in [1.82, 2.24) is 14.7 Å². The molecular weight excluding hydrogens is 330 g/mol. The van der Waals surface area contributed by atoms with Crippen LogP contribution in [0.25, 0.3) is 0 Å². The number of ether oxygens (including phenoxy) is 3. The van der Waals surface area contributed by atoms with E-state index in [1.54, 1.807) is 14.2 Å². The molecule has 1 aliphatic rings. The smallest absolute Gasteiger partial charge is 0.161 e. The van der Waals surface area contributed by atoms with Crippen LogP contribution in [0.4, 0.5) is 0 Å². The van der Waals surface area contributed by atoms with E-state index in [0.717, 1.165) is 50.6 Å². The quantitative estimate of drug-likeness (QED) is 0.725. The molecule has 26 heavy (non-hydrogen) atoms. The van der Waals surface area contributed by atoms with E-state index in [4.69, 9.17) is 14.2 Å². The van der Waals surface area contributed by atoms with Gasteiger partial charge in [0.15, 0.2) is 11.5 Å². The molecule has 6 heteroatoms. The maximum Gasteiger partial charge on any atom is 0.161 e. The van der Waals surface area contributed by atoms with Crippen LogP contribution in [-0.4, -0.2) is 48.2 Å². The van der Waals surface area contributed by atoms with Gasteiger partial charge in [0.1, 0.15) is 0 Å². The van der Waals surface area contributed by atoms with Gasteiger partial charge in [-0.15, -0.1) is 0 Å². The molecule has 1 aromatic carbocycles. The Bertz CT molecular complexity index is 723. The Kier molecular flexibility index (Phi) is 6.16. The van der Waals surface area contributed by atoms with Crippen molar-refractivity contribution >= 4 is 0 Å². The molecule has 2 aromatic rings. The van der Waals surface area contributed by atoms with Crippen LogP contribution in [0.5, 0.6) is 11.5 Å². The molecule has 0 spiro atoms. The third-order valence-electron chi connectivity index (χ3n) is 5.07. The Balaban J connectivity index is 1.77. The van der Waals surface area contributed by atoms with Crippen molar-refractivity contribution in [3.63, 3.8) is 0 Å². The molecule has 6 nitrogen and oxygen atoms in total. The summed E-state index contributed by atoms with van der Waals surface area (Å²) < 4.78 is 18.6. The molecule has 1 aromatic heterocycles. The molecule has 0 radical (unpaired) electrons. The van der Waals surface area contributed by atoms with Crippen LogP contribution >= 0.6 is 0 Å². The minimum atomic E-state index is 0.312. The van der Waals surface area contributed by atoms with Crippen LogP contribution in [0, 0.1) is 6.92 Å². The van der Waals surface area contributed by atoms with Gasteiger partial charge in [-0.3, -0.25) is 9.58 Å². The standard InChI is InChI=1S/C20H29N3O3/c1-15-17(11-21-22(15)2)13-23(14-18-6-5-9-26-18)12-16-7-8-19(24-3)20(10-16)25-4/h7-8,10-11,18H,5-6,9,12-14H2,1-4H3/t18-/m1/s1. The van der Waals surface area contributed by atoms with Crippen LogP contribution in [-0.2, 0) is 24.9 Å². The zero-order chi connectivity index (χ0) is 18.5. The van der Waals surface area contributed by atoms with Gasteiger partial charge in [0.2, 0.25) is 0 Å². The Morgan fingerprint density at radius 2 is 2.04 bits per heavy atom. The lowest BCUT2D eigenvalue weighted by atomic mass is 10.1. The highest BCUT2D eigenvalue weighted by molar-refractivity contribution is 5.42. The normalized spacial score (nSPS) is 17.0. The number of benzene rings is 1. The molecule has 1 atom stereocenters. The van der Waals surface area contributed by atoms with Gasteiger partial charge in [0.05, 0.1) is 26.5 Å². The van der Waals surface area contributed by atoms with Crippen molar-refractivity contribution in [2.24, 2.45) is 7.05 Å². The highest BCUT2D eigenvalue weighted by atomic mass is 16.5. The number of aryl methyl sites for hydroxylation is 1. The Morgan fingerprint density at radius 1 is 1.23 bits per heavy atom. The summed E-state index contributed by atoms with van der Waals surface area (Å²) in [6.07, 6.45) is 4.56. The highest BCUT2D eigenvalue weighted by Gasteiger charge is 2.21. The number of aromatic nitrogens is 2. The molecule has 3 rings (SSSR count). The maximum absolute atomic E-state index is 5.87. The first-order valence-corrected chi connectivity index (χ1v) is 9.13. The number of hydrogen-bond acceptors (Lipinski definition) is 5. The molecule has 1 fully saturated rings. The van der Waals surface area contributed by atoms with Gasteiger partial charge < -0.3 is 14.2 Å². The largest absolute Gasteiger partial charge is 0.493 e. The van der Waals surface area contributed by atoms with Crippen LogP contribution in [0.1, 0.15) is 29.7 Å². The number of methoxy groups -OCH3 is 2. The Labute approximate surface area is 155 Å². The molecule has 142 valence electrons. The third kappa shape index (κ3) is 4.37. The third-order valence-corrected chi connectivity index (χ3v) is 5.07.